The monoisotopic (exact) mass is 613 g/mol. The second kappa shape index (κ2) is 12.4. The van der Waals surface area contributed by atoms with Crippen molar-refractivity contribution in [1.29, 1.82) is 0 Å². The van der Waals surface area contributed by atoms with Gasteiger partial charge in [0, 0.05) is 40.0 Å². The number of benzene rings is 2. The maximum atomic E-state index is 14.4. The lowest BCUT2D eigenvalue weighted by molar-refractivity contribution is -0.119. The van der Waals surface area contributed by atoms with Gasteiger partial charge in [0.05, 0.1) is 42.2 Å². The maximum absolute atomic E-state index is 14.4. The summed E-state index contributed by atoms with van der Waals surface area (Å²) >= 11 is 6.35. The third-order valence-electron chi connectivity index (χ3n) is 7.65. The van der Waals surface area contributed by atoms with E-state index in [4.69, 9.17) is 16.3 Å². The molecule has 10 nitrogen and oxygen atoms in total. The van der Waals surface area contributed by atoms with Crippen LogP contribution in [0.5, 0.6) is 5.88 Å². The van der Waals surface area contributed by atoms with E-state index in [1.807, 2.05) is 19.9 Å². The van der Waals surface area contributed by atoms with Crippen LogP contribution in [0.25, 0.3) is 28.1 Å². The van der Waals surface area contributed by atoms with E-state index in [-0.39, 0.29) is 17.4 Å². The van der Waals surface area contributed by atoms with Crippen LogP contribution >= 0.6 is 11.6 Å². The number of fused-ring (bicyclic) bond motifs is 4. The fraction of sp³-hybridized carbons (Fsp3) is 0.250. The number of ether oxygens (including phenoxy) is 1. The first-order chi connectivity index (χ1) is 21.3. The summed E-state index contributed by atoms with van der Waals surface area (Å²) in [5, 5.41) is 11.6. The van der Waals surface area contributed by atoms with Crippen LogP contribution in [0.15, 0.2) is 78.1 Å². The molecule has 1 amide bonds. The molecule has 0 fully saturated rings. The summed E-state index contributed by atoms with van der Waals surface area (Å²) in [5.74, 6) is -0.501. The first kappa shape index (κ1) is 29.2. The zero-order valence-electron chi connectivity index (χ0n) is 24.1. The van der Waals surface area contributed by atoms with Gasteiger partial charge in [0.25, 0.3) is 11.4 Å². The molecule has 0 radical (unpaired) electrons. The minimum atomic E-state index is -0.474. The summed E-state index contributed by atoms with van der Waals surface area (Å²) in [6.45, 7) is 4.16. The van der Waals surface area contributed by atoms with Gasteiger partial charge in [-0.2, -0.15) is 0 Å². The third-order valence-corrected chi connectivity index (χ3v) is 7.89. The lowest BCUT2D eigenvalue weighted by Crippen LogP contribution is -2.27. The molecule has 1 aliphatic rings. The lowest BCUT2D eigenvalue weighted by Gasteiger charge is -2.23. The number of rotatable bonds is 5. The minimum Gasteiger partial charge on any atom is -0.476 e. The van der Waals surface area contributed by atoms with E-state index in [9.17, 15) is 14.0 Å². The number of carbonyl (C=O) groups is 1. The summed E-state index contributed by atoms with van der Waals surface area (Å²) in [6, 6.07) is 14.0. The molecule has 6 rings (SSSR count). The molecule has 0 saturated heterocycles. The topological polar surface area (TPSA) is 117 Å². The molecular formula is C32H29ClFN7O3. The largest absolute Gasteiger partial charge is 0.476 e. The highest BCUT2D eigenvalue weighted by Gasteiger charge is 2.23. The molecule has 44 heavy (non-hydrogen) atoms. The Morgan fingerprint density at radius 2 is 1.91 bits per heavy atom. The molecule has 12 heteroatoms. The zero-order valence-corrected chi connectivity index (χ0v) is 24.8. The highest BCUT2D eigenvalue weighted by molar-refractivity contribution is 6.31. The van der Waals surface area contributed by atoms with E-state index in [1.54, 1.807) is 52.0 Å². The standard InChI is InChI=1S/C32H29ClFN7O3/c1-3-44-30-17-41(39-38-30)28-10-7-21(33)14-24(28)26-16-31(42)40(18-36-26)29-6-4-5-19(2)32(43)37-25-9-8-22(34)15-23(25)20-11-12-35-27(29)13-20/h7-19,29H,3-6H2,1-2H3,(H,37,43)/t19-,29+/m1/s1. The van der Waals surface area contributed by atoms with Crippen molar-refractivity contribution in [3.63, 3.8) is 0 Å². The van der Waals surface area contributed by atoms with Crippen molar-refractivity contribution in [2.75, 3.05) is 11.9 Å². The van der Waals surface area contributed by atoms with E-state index < -0.39 is 11.9 Å². The van der Waals surface area contributed by atoms with Gasteiger partial charge >= 0.3 is 0 Å². The number of hydrogen-bond acceptors (Lipinski definition) is 7. The summed E-state index contributed by atoms with van der Waals surface area (Å²) in [7, 11) is 0. The Hall–Kier alpha value is -4.90. The number of aromatic nitrogens is 6. The van der Waals surface area contributed by atoms with E-state index in [1.165, 1.54) is 24.5 Å². The van der Waals surface area contributed by atoms with Crippen molar-refractivity contribution in [2.45, 2.75) is 39.2 Å². The first-order valence-electron chi connectivity index (χ1n) is 14.3. The molecular weight excluding hydrogens is 585 g/mol. The van der Waals surface area contributed by atoms with Crippen molar-refractivity contribution < 1.29 is 13.9 Å². The molecule has 224 valence electrons. The van der Waals surface area contributed by atoms with Gasteiger partial charge in [0.2, 0.25) is 5.91 Å². The van der Waals surface area contributed by atoms with Gasteiger partial charge in [-0.15, -0.1) is 0 Å². The van der Waals surface area contributed by atoms with Crippen molar-refractivity contribution in [2.24, 2.45) is 5.92 Å². The molecule has 5 aromatic rings. The molecule has 0 spiro atoms. The highest BCUT2D eigenvalue weighted by atomic mass is 35.5. The minimum absolute atomic E-state index is 0.148. The Morgan fingerprint density at radius 1 is 1.05 bits per heavy atom. The van der Waals surface area contributed by atoms with Crippen molar-refractivity contribution >= 4 is 23.2 Å². The van der Waals surface area contributed by atoms with Gasteiger partial charge in [-0.1, -0.05) is 35.3 Å². The van der Waals surface area contributed by atoms with E-state index in [2.05, 4.69) is 25.6 Å². The number of hydrogen-bond donors (Lipinski definition) is 1. The van der Waals surface area contributed by atoms with Crippen LogP contribution in [0.4, 0.5) is 10.1 Å². The maximum Gasteiger partial charge on any atom is 0.254 e. The zero-order chi connectivity index (χ0) is 30.8. The number of carbonyl (C=O) groups excluding carboxylic acids is 1. The van der Waals surface area contributed by atoms with Gasteiger partial charge < -0.3 is 10.1 Å². The van der Waals surface area contributed by atoms with Crippen molar-refractivity contribution in [3.05, 3.63) is 100 Å². The van der Waals surface area contributed by atoms with Crippen LogP contribution in [0.1, 0.15) is 44.8 Å². The first-order valence-corrected chi connectivity index (χ1v) is 14.7. The fourth-order valence-corrected chi connectivity index (χ4v) is 5.55. The second-order valence-corrected chi connectivity index (χ2v) is 11.0. The predicted molar refractivity (Wildman–Crippen MR) is 164 cm³/mol. The molecule has 1 N–H and O–H groups in total. The molecule has 3 aromatic heterocycles. The van der Waals surface area contributed by atoms with Crippen LogP contribution in [0.2, 0.25) is 5.02 Å². The molecule has 0 unspecified atom stereocenters. The van der Waals surface area contributed by atoms with Crippen LogP contribution in [-0.4, -0.2) is 42.0 Å². The third kappa shape index (κ3) is 5.96. The van der Waals surface area contributed by atoms with Crippen molar-refractivity contribution in [1.82, 2.24) is 29.5 Å². The molecule has 2 atom stereocenters. The van der Waals surface area contributed by atoms with Crippen LogP contribution < -0.4 is 15.6 Å². The summed E-state index contributed by atoms with van der Waals surface area (Å²) in [4.78, 5) is 36.0. The Kier molecular flexibility index (Phi) is 8.21. The van der Waals surface area contributed by atoms with E-state index >= 15 is 0 Å². The molecule has 0 aliphatic carbocycles. The predicted octanol–water partition coefficient (Wildman–Crippen LogP) is 6.09. The SMILES string of the molecule is CCOc1cn(-c2ccc(Cl)cc2-c2cc(=O)n([C@H]3CCC[C@@H](C)C(=O)Nc4ccc(F)cc4-c4ccnc3c4)cn2)nn1. The summed E-state index contributed by atoms with van der Waals surface area (Å²) in [5.41, 5.74) is 3.66. The van der Waals surface area contributed by atoms with Crippen LogP contribution in [0, 0.1) is 11.7 Å². The number of halogens is 2. The molecule has 2 aromatic carbocycles. The van der Waals surface area contributed by atoms with Gasteiger partial charge in [-0.05, 0) is 73.9 Å². The second-order valence-electron chi connectivity index (χ2n) is 10.6. The highest BCUT2D eigenvalue weighted by Crippen LogP contribution is 2.34. The average Bonchev–Trinajstić information content (AvgIpc) is 3.48. The molecule has 1 aliphatic heterocycles. The van der Waals surface area contributed by atoms with E-state index in [0.717, 1.165) is 0 Å². The molecule has 2 bridgehead atoms. The van der Waals surface area contributed by atoms with Crippen LogP contribution in [-0.2, 0) is 4.79 Å². The smallest absolute Gasteiger partial charge is 0.254 e. The Bertz CT molecular complexity index is 1910. The normalized spacial score (nSPS) is 16.8. The average molecular weight is 614 g/mol. The number of nitrogens with zero attached hydrogens (tertiary/aromatic N) is 6. The Morgan fingerprint density at radius 3 is 2.73 bits per heavy atom. The number of pyridine rings is 1. The number of nitrogens with one attached hydrogen (secondary N) is 1. The number of amides is 1. The van der Waals surface area contributed by atoms with Crippen molar-refractivity contribution in [3.8, 4) is 34.0 Å². The lowest BCUT2D eigenvalue weighted by atomic mass is 9.95. The Labute approximate surface area is 257 Å². The van der Waals surface area contributed by atoms with E-state index in [0.29, 0.717) is 76.2 Å². The quantitative estimate of drug-likeness (QED) is 0.255. The fourth-order valence-electron chi connectivity index (χ4n) is 5.38. The number of anilines is 1. The van der Waals surface area contributed by atoms with Gasteiger partial charge in [-0.25, -0.2) is 14.1 Å². The van der Waals surface area contributed by atoms with Gasteiger partial charge in [0.1, 0.15) is 5.82 Å². The summed E-state index contributed by atoms with van der Waals surface area (Å²) < 4.78 is 22.9. The van der Waals surface area contributed by atoms with Crippen LogP contribution in [0.3, 0.4) is 0 Å². The molecule has 0 saturated carbocycles. The van der Waals surface area contributed by atoms with Gasteiger partial charge in [0.15, 0.2) is 0 Å². The van der Waals surface area contributed by atoms with Gasteiger partial charge in [-0.3, -0.25) is 19.1 Å². The Balaban J connectivity index is 1.42. The summed E-state index contributed by atoms with van der Waals surface area (Å²) in [6.07, 6.45) is 6.56. The molecule has 4 heterocycles.